The molecule has 0 saturated carbocycles. The molecule has 0 atom stereocenters. The first-order valence-electron chi connectivity index (χ1n) is 9.30. The van der Waals surface area contributed by atoms with Crippen molar-refractivity contribution in [3.05, 3.63) is 35.4 Å². The van der Waals surface area contributed by atoms with Crippen LogP contribution in [0.2, 0.25) is 0 Å². The number of benzene rings is 1. The van der Waals surface area contributed by atoms with Gasteiger partial charge in [0.2, 0.25) is 0 Å². The summed E-state index contributed by atoms with van der Waals surface area (Å²) in [4.78, 5) is 4.70. The van der Waals surface area contributed by atoms with Gasteiger partial charge in [-0.3, -0.25) is 0 Å². The lowest BCUT2D eigenvalue weighted by atomic mass is 10.1. The van der Waals surface area contributed by atoms with Crippen molar-refractivity contribution >= 4 is 29.9 Å². The minimum atomic E-state index is -0.0135. The van der Waals surface area contributed by atoms with E-state index < -0.39 is 0 Å². The molecule has 148 valence electrons. The first-order valence-corrected chi connectivity index (χ1v) is 9.30. The van der Waals surface area contributed by atoms with Crippen molar-refractivity contribution in [2.45, 2.75) is 65.3 Å². The zero-order valence-corrected chi connectivity index (χ0v) is 18.8. The predicted octanol–water partition coefficient (Wildman–Crippen LogP) is 3.85. The lowest BCUT2D eigenvalue weighted by Crippen LogP contribution is -2.47. The monoisotopic (exact) mass is 475 g/mol. The fourth-order valence-corrected chi connectivity index (χ4v) is 2.71. The Balaban J connectivity index is 0.00000338. The number of guanidine groups is 1. The molecule has 0 unspecified atom stereocenters. The van der Waals surface area contributed by atoms with Crippen LogP contribution in [0.1, 0.15) is 51.7 Å². The third kappa shape index (κ3) is 9.19. The quantitative estimate of drug-likeness (QED) is 0.373. The Bertz CT molecular complexity index is 552. The molecule has 26 heavy (non-hydrogen) atoms. The largest absolute Gasteiger partial charge is 0.381 e. The summed E-state index contributed by atoms with van der Waals surface area (Å²) in [5.41, 5.74) is 2.38. The van der Waals surface area contributed by atoms with Crippen molar-refractivity contribution in [1.29, 1.82) is 0 Å². The SMILES string of the molecule is CCNC(=NCc1cccc(COC2CCOCC2)c1)NC(C)(C)C.I. The molecule has 6 heteroatoms. The molecule has 1 fully saturated rings. The van der Waals surface area contributed by atoms with E-state index >= 15 is 0 Å². The van der Waals surface area contributed by atoms with Crippen molar-refractivity contribution in [3.63, 3.8) is 0 Å². The van der Waals surface area contributed by atoms with Crippen LogP contribution < -0.4 is 10.6 Å². The van der Waals surface area contributed by atoms with Crippen LogP contribution in [0.5, 0.6) is 0 Å². The summed E-state index contributed by atoms with van der Waals surface area (Å²) in [7, 11) is 0. The summed E-state index contributed by atoms with van der Waals surface area (Å²) in [6.07, 6.45) is 2.31. The molecule has 0 radical (unpaired) electrons. The maximum atomic E-state index is 6.01. The Morgan fingerprint density at radius 1 is 1.23 bits per heavy atom. The van der Waals surface area contributed by atoms with Gasteiger partial charge in [-0.25, -0.2) is 4.99 Å². The third-order valence-electron chi connectivity index (χ3n) is 3.90. The van der Waals surface area contributed by atoms with Gasteiger partial charge < -0.3 is 20.1 Å². The Morgan fingerprint density at radius 3 is 2.58 bits per heavy atom. The van der Waals surface area contributed by atoms with Crippen molar-refractivity contribution in [3.8, 4) is 0 Å². The van der Waals surface area contributed by atoms with Gasteiger partial charge in [0, 0.05) is 25.3 Å². The molecule has 0 spiro atoms. The van der Waals surface area contributed by atoms with E-state index in [9.17, 15) is 0 Å². The fraction of sp³-hybridized carbons (Fsp3) is 0.650. The molecule has 1 aromatic rings. The highest BCUT2D eigenvalue weighted by molar-refractivity contribution is 14.0. The van der Waals surface area contributed by atoms with Crippen molar-refractivity contribution in [2.24, 2.45) is 4.99 Å². The second-order valence-electron chi connectivity index (χ2n) is 7.51. The van der Waals surface area contributed by atoms with Gasteiger partial charge >= 0.3 is 0 Å². The first kappa shape index (κ1) is 23.2. The molecule has 1 aromatic carbocycles. The Labute approximate surface area is 175 Å². The highest BCUT2D eigenvalue weighted by Crippen LogP contribution is 2.14. The van der Waals surface area contributed by atoms with E-state index in [-0.39, 0.29) is 29.5 Å². The summed E-state index contributed by atoms with van der Waals surface area (Å²) in [6.45, 7) is 12.3. The molecule has 2 N–H and O–H groups in total. The Kier molecular flexibility index (Phi) is 10.5. The lowest BCUT2D eigenvalue weighted by Gasteiger charge is -2.23. The van der Waals surface area contributed by atoms with Crippen LogP contribution in [0.25, 0.3) is 0 Å². The fourth-order valence-electron chi connectivity index (χ4n) is 2.71. The van der Waals surface area contributed by atoms with Gasteiger partial charge in [-0.15, -0.1) is 24.0 Å². The second kappa shape index (κ2) is 11.8. The zero-order valence-electron chi connectivity index (χ0n) is 16.5. The summed E-state index contributed by atoms with van der Waals surface area (Å²) in [5, 5.41) is 6.71. The minimum Gasteiger partial charge on any atom is -0.381 e. The number of nitrogens with one attached hydrogen (secondary N) is 2. The second-order valence-corrected chi connectivity index (χ2v) is 7.51. The van der Waals surface area contributed by atoms with Gasteiger partial charge in [0.1, 0.15) is 0 Å². The molecular weight excluding hydrogens is 441 g/mol. The maximum absolute atomic E-state index is 6.01. The number of ether oxygens (including phenoxy) is 2. The third-order valence-corrected chi connectivity index (χ3v) is 3.90. The highest BCUT2D eigenvalue weighted by atomic mass is 127. The normalized spacial score (nSPS) is 16.1. The van der Waals surface area contributed by atoms with Crippen LogP contribution >= 0.6 is 24.0 Å². The van der Waals surface area contributed by atoms with E-state index in [1.54, 1.807) is 0 Å². The van der Waals surface area contributed by atoms with Crippen molar-refractivity contribution in [2.75, 3.05) is 19.8 Å². The van der Waals surface area contributed by atoms with E-state index in [4.69, 9.17) is 14.5 Å². The Hall–Kier alpha value is -0.860. The number of nitrogens with zero attached hydrogens (tertiary/aromatic N) is 1. The van der Waals surface area contributed by atoms with E-state index in [0.29, 0.717) is 19.3 Å². The van der Waals surface area contributed by atoms with Gasteiger partial charge in [0.05, 0.1) is 19.3 Å². The van der Waals surface area contributed by atoms with Crippen LogP contribution in [0, 0.1) is 0 Å². The molecule has 1 heterocycles. The molecule has 1 aliphatic heterocycles. The lowest BCUT2D eigenvalue weighted by molar-refractivity contribution is -0.0390. The number of hydrogen-bond acceptors (Lipinski definition) is 3. The average molecular weight is 475 g/mol. The van der Waals surface area contributed by atoms with Crippen molar-refractivity contribution < 1.29 is 9.47 Å². The van der Waals surface area contributed by atoms with Gasteiger partial charge in [-0.2, -0.15) is 0 Å². The van der Waals surface area contributed by atoms with E-state index in [1.807, 2.05) is 0 Å². The summed E-state index contributed by atoms with van der Waals surface area (Å²) >= 11 is 0. The smallest absolute Gasteiger partial charge is 0.191 e. The zero-order chi connectivity index (χ0) is 18.1. The van der Waals surface area contributed by atoms with Gasteiger partial charge in [-0.05, 0) is 51.7 Å². The summed E-state index contributed by atoms with van der Waals surface area (Å²) in [5.74, 6) is 0.846. The molecule has 5 nitrogen and oxygen atoms in total. The van der Waals surface area contributed by atoms with E-state index in [1.165, 1.54) is 11.1 Å². The molecule has 1 aliphatic rings. The van der Waals surface area contributed by atoms with Gasteiger partial charge in [0.15, 0.2) is 5.96 Å². The molecular formula is C20H34IN3O2. The van der Waals surface area contributed by atoms with Crippen LogP contribution in [-0.2, 0) is 22.6 Å². The highest BCUT2D eigenvalue weighted by Gasteiger charge is 2.14. The van der Waals surface area contributed by atoms with Crippen LogP contribution in [0.4, 0.5) is 0 Å². The number of halogens is 1. The predicted molar refractivity (Wildman–Crippen MR) is 118 cm³/mol. The van der Waals surface area contributed by atoms with Crippen LogP contribution in [0.3, 0.4) is 0 Å². The molecule has 0 aliphatic carbocycles. The average Bonchev–Trinajstić information content (AvgIpc) is 2.58. The number of rotatable bonds is 6. The summed E-state index contributed by atoms with van der Waals surface area (Å²) < 4.78 is 11.4. The van der Waals surface area contributed by atoms with E-state index in [2.05, 4.69) is 62.6 Å². The molecule has 0 amide bonds. The number of hydrogen-bond donors (Lipinski definition) is 2. The number of aliphatic imine (C=N–C) groups is 1. The minimum absolute atomic E-state index is 0. The maximum Gasteiger partial charge on any atom is 0.191 e. The molecule has 2 rings (SSSR count). The topological polar surface area (TPSA) is 54.9 Å². The van der Waals surface area contributed by atoms with Gasteiger partial charge in [-0.1, -0.05) is 24.3 Å². The van der Waals surface area contributed by atoms with Crippen LogP contribution in [-0.4, -0.2) is 37.4 Å². The van der Waals surface area contributed by atoms with Crippen LogP contribution in [0.15, 0.2) is 29.3 Å². The molecule has 0 aromatic heterocycles. The van der Waals surface area contributed by atoms with E-state index in [0.717, 1.165) is 38.6 Å². The molecule has 0 bridgehead atoms. The van der Waals surface area contributed by atoms with Gasteiger partial charge in [0.25, 0.3) is 0 Å². The first-order chi connectivity index (χ1) is 12.0. The van der Waals surface area contributed by atoms with Crippen molar-refractivity contribution in [1.82, 2.24) is 10.6 Å². The summed E-state index contributed by atoms with van der Waals surface area (Å²) in [6, 6.07) is 8.49. The molecule has 1 saturated heterocycles. The standard InChI is InChI=1S/C20H33N3O2.HI/c1-5-21-19(23-20(2,3)4)22-14-16-7-6-8-17(13-16)15-25-18-9-11-24-12-10-18;/h6-8,13,18H,5,9-12,14-15H2,1-4H3,(H2,21,22,23);1H. The Morgan fingerprint density at radius 2 is 1.92 bits per heavy atom.